The molecule has 2 aliphatic heterocycles. The Morgan fingerprint density at radius 3 is 2.62 bits per heavy atom. The van der Waals surface area contributed by atoms with Crippen LogP contribution in [0.4, 0.5) is 10.6 Å². The number of carboxylic acid groups (broad SMARTS) is 1. The van der Waals surface area contributed by atoms with E-state index in [4.69, 9.17) is 0 Å². The molecule has 1 N–H and O–H groups in total. The molecule has 3 heterocycles. The molecule has 1 atom stereocenters. The van der Waals surface area contributed by atoms with Crippen LogP contribution in [0.15, 0.2) is 12.1 Å². The van der Waals surface area contributed by atoms with Crippen molar-refractivity contribution >= 4 is 17.8 Å². The lowest BCUT2D eigenvalue weighted by molar-refractivity contribution is 0.0746. The minimum Gasteiger partial charge on any atom is -0.465 e. The van der Waals surface area contributed by atoms with Gasteiger partial charge in [0.1, 0.15) is 5.82 Å². The van der Waals surface area contributed by atoms with E-state index in [1.165, 1.54) is 4.90 Å². The Morgan fingerprint density at radius 1 is 1.29 bits per heavy atom. The highest BCUT2D eigenvalue weighted by Crippen LogP contribution is 2.30. The zero-order chi connectivity index (χ0) is 17.6. The number of carbonyl (C=O) groups is 2. The lowest BCUT2D eigenvalue weighted by Crippen LogP contribution is -2.59. The molecule has 2 aliphatic rings. The lowest BCUT2D eigenvalue weighted by atomic mass is 9.84. The first kappa shape index (κ1) is 16.5. The molecule has 7 heteroatoms. The molecule has 0 spiro atoms. The van der Waals surface area contributed by atoms with E-state index in [0.29, 0.717) is 31.7 Å². The van der Waals surface area contributed by atoms with E-state index >= 15 is 0 Å². The SMILES string of the molecule is CN1Cc2nc(N3CCN(C(=O)O)C(C(C)(C)C)C3)ccc2C1=O. The van der Waals surface area contributed by atoms with E-state index in [9.17, 15) is 14.7 Å². The van der Waals surface area contributed by atoms with Crippen molar-refractivity contribution < 1.29 is 14.7 Å². The molecule has 0 bridgehead atoms. The van der Waals surface area contributed by atoms with E-state index < -0.39 is 6.09 Å². The van der Waals surface area contributed by atoms with Gasteiger partial charge in [-0.1, -0.05) is 20.8 Å². The smallest absolute Gasteiger partial charge is 0.407 e. The van der Waals surface area contributed by atoms with Gasteiger partial charge < -0.3 is 19.8 Å². The molecular formula is C17H24N4O3. The second-order valence-corrected chi connectivity index (χ2v) is 7.63. The van der Waals surface area contributed by atoms with Gasteiger partial charge in [0, 0.05) is 26.7 Å². The quantitative estimate of drug-likeness (QED) is 0.850. The van der Waals surface area contributed by atoms with Crippen LogP contribution < -0.4 is 4.90 Å². The molecule has 1 fully saturated rings. The van der Waals surface area contributed by atoms with E-state index in [2.05, 4.69) is 30.7 Å². The topological polar surface area (TPSA) is 77.0 Å². The van der Waals surface area contributed by atoms with E-state index in [1.807, 2.05) is 12.1 Å². The second-order valence-electron chi connectivity index (χ2n) is 7.63. The first-order valence-corrected chi connectivity index (χ1v) is 8.18. The summed E-state index contributed by atoms with van der Waals surface area (Å²) in [5, 5.41) is 9.46. The van der Waals surface area contributed by atoms with Crippen LogP contribution in [0.1, 0.15) is 36.8 Å². The van der Waals surface area contributed by atoms with Crippen LogP contribution in [0, 0.1) is 5.41 Å². The summed E-state index contributed by atoms with van der Waals surface area (Å²) in [6.07, 6.45) is -0.872. The molecule has 0 aliphatic carbocycles. The van der Waals surface area contributed by atoms with Crippen molar-refractivity contribution in [2.45, 2.75) is 33.4 Å². The van der Waals surface area contributed by atoms with Gasteiger partial charge in [0.05, 0.1) is 23.8 Å². The van der Waals surface area contributed by atoms with Gasteiger partial charge in [0.2, 0.25) is 0 Å². The first-order valence-electron chi connectivity index (χ1n) is 8.18. The number of anilines is 1. The Labute approximate surface area is 141 Å². The first-order chi connectivity index (χ1) is 11.2. The fraction of sp³-hybridized carbons (Fsp3) is 0.588. The number of carbonyl (C=O) groups excluding carboxylic acids is 1. The van der Waals surface area contributed by atoms with E-state index in [1.54, 1.807) is 11.9 Å². The number of pyridine rings is 1. The molecule has 0 aromatic carbocycles. The van der Waals surface area contributed by atoms with Gasteiger partial charge in [0.15, 0.2) is 0 Å². The summed E-state index contributed by atoms with van der Waals surface area (Å²) in [5.41, 5.74) is 1.30. The number of hydrogen-bond acceptors (Lipinski definition) is 4. The van der Waals surface area contributed by atoms with Crippen molar-refractivity contribution in [1.29, 1.82) is 0 Å². The predicted molar refractivity (Wildman–Crippen MR) is 90.2 cm³/mol. The fourth-order valence-electron chi connectivity index (χ4n) is 3.44. The number of fused-ring (bicyclic) bond motifs is 1. The highest BCUT2D eigenvalue weighted by atomic mass is 16.4. The number of nitrogens with zero attached hydrogens (tertiary/aromatic N) is 4. The number of amides is 2. The van der Waals surface area contributed by atoms with Crippen molar-refractivity contribution in [2.24, 2.45) is 5.41 Å². The number of aromatic nitrogens is 1. The van der Waals surface area contributed by atoms with Gasteiger partial charge in [-0.05, 0) is 17.5 Å². The largest absolute Gasteiger partial charge is 0.465 e. The van der Waals surface area contributed by atoms with Crippen LogP contribution >= 0.6 is 0 Å². The van der Waals surface area contributed by atoms with Gasteiger partial charge in [-0.2, -0.15) is 0 Å². The highest BCUT2D eigenvalue weighted by Gasteiger charge is 2.38. The van der Waals surface area contributed by atoms with Gasteiger partial charge in [-0.15, -0.1) is 0 Å². The average molecular weight is 332 g/mol. The van der Waals surface area contributed by atoms with Crippen molar-refractivity contribution in [3.63, 3.8) is 0 Å². The maximum Gasteiger partial charge on any atom is 0.407 e. The summed E-state index contributed by atoms with van der Waals surface area (Å²) in [4.78, 5) is 33.5. The van der Waals surface area contributed by atoms with Crippen molar-refractivity contribution in [2.75, 3.05) is 31.6 Å². The number of piperazine rings is 1. The third-order valence-electron chi connectivity index (χ3n) is 4.87. The molecule has 0 saturated carbocycles. The number of hydrogen-bond donors (Lipinski definition) is 1. The van der Waals surface area contributed by atoms with Crippen molar-refractivity contribution in [3.8, 4) is 0 Å². The van der Waals surface area contributed by atoms with Gasteiger partial charge in [-0.3, -0.25) is 4.79 Å². The minimum atomic E-state index is -0.872. The molecule has 0 radical (unpaired) electrons. The highest BCUT2D eigenvalue weighted by molar-refractivity contribution is 5.97. The van der Waals surface area contributed by atoms with Crippen LogP contribution in [0.3, 0.4) is 0 Å². The Balaban J connectivity index is 1.85. The maximum absolute atomic E-state index is 12.0. The third kappa shape index (κ3) is 2.79. The van der Waals surface area contributed by atoms with Gasteiger partial charge >= 0.3 is 6.09 Å². The van der Waals surface area contributed by atoms with Crippen LogP contribution in [0.5, 0.6) is 0 Å². The zero-order valence-corrected chi connectivity index (χ0v) is 14.6. The van der Waals surface area contributed by atoms with Gasteiger partial charge in [-0.25, -0.2) is 9.78 Å². The summed E-state index contributed by atoms with van der Waals surface area (Å²) in [6, 6.07) is 3.59. The summed E-state index contributed by atoms with van der Waals surface area (Å²) < 4.78 is 0. The average Bonchev–Trinajstić information content (AvgIpc) is 2.80. The number of rotatable bonds is 1. The molecule has 1 saturated heterocycles. The molecule has 1 aromatic heterocycles. The Bertz CT molecular complexity index is 683. The molecule has 130 valence electrons. The predicted octanol–water partition coefficient (Wildman–Crippen LogP) is 1.88. The molecule has 2 amide bonds. The summed E-state index contributed by atoms with van der Waals surface area (Å²) in [7, 11) is 1.77. The van der Waals surface area contributed by atoms with Gasteiger partial charge in [0.25, 0.3) is 5.91 Å². The standard InChI is InChI=1S/C17H24N4O3/c1-17(2,3)13-10-20(7-8-21(13)16(23)24)14-6-5-11-12(18-14)9-19(4)15(11)22/h5-6,13H,7-10H2,1-4H3,(H,23,24). The van der Waals surface area contributed by atoms with Crippen molar-refractivity contribution in [1.82, 2.24) is 14.8 Å². The van der Waals surface area contributed by atoms with Crippen LogP contribution in [-0.4, -0.2) is 64.6 Å². The van der Waals surface area contributed by atoms with Crippen LogP contribution in [0.25, 0.3) is 0 Å². The monoisotopic (exact) mass is 332 g/mol. The zero-order valence-electron chi connectivity index (χ0n) is 14.6. The Kier molecular flexibility index (Phi) is 3.89. The lowest BCUT2D eigenvalue weighted by Gasteiger charge is -2.46. The molecule has 7 nitrogen and oxygen atoms in total. The molecule has 1 unspecified atom stereocenters. The van der Waals surface area contributed by atoms with Crippen LogP contribution in [-0.2, 0) is 6.54 Å². The maximum atomic E-state index is 12.0. The summed E-state index contributed by atoms with van der Waals surface area (Å²) >= 11 is 0. The van der Waals surface area contributed by atoms with Crippen molar-refractivity contribution in [3.05, 3.63) is 23.4 Å². The Morgan fingerprint density at radius 2 is 2.00 bits per heavy atom. The molecule has 3 rings (SSSR count). The minimum absolute atomic E-state index is 0.00677. The molecule has 1 aromatic rings. The van der Waals surface area contributed by atoms with E-state index in [0.717, 1.165) is 11.5 Å². The van der Waals surface area contributed by atoms with E-state index in [-0.39, 0.29) is 17.4 Å². The molecule has 24 heavy (non-hydrogen) atoms. The Hall–Kier alpha value is -2.31. The fourth-order valence-corrected chi connectivity index (χ4v) is 3.44. The second kappa shape index (κ2) is 5.65. The normalized spacial score (nSPS) is 21.2. The summed E-state index contributed by atoms with van der Waals surface area (Å²) in [6.45, 7) is 8.36. The third-order valence-corrected chi connectivity index (χ3v) is 4.87. The van der Waals surface area contributed by atoms with Crippen LogP contribution in [0.2, 0.25) is 0 Å². The molecular weight excluding hydrogens is 308 g/mol. The summed E-state index contributed by atoms with van der Waals surface area (Å²) in [5.74, 6) is 0.823.